The van der Waals surface area contributed by atoms with E-state index >= 15 is 0 Å². The number of aliphatic hydroxyl groups excluding tert-OH is 2. The molecule has 6 rings (SSSR count). The zero-order chi connectivity index (χ0) is 27.6. The van der Waals surface area contributed by atoms with Gasteiger partial charge in [0.05, 0.1) is 19.8 Å². The smallest absolute Gasteiger partial charge is 0.408 e. The summed E-state index contributed by atoms with van der Waals surface area (Å²) >= 11 is 0. The quantitative estimate of drug-likeness (QED) is 0.367. The van der Waals surface area contributed by atoms with Crippen LogP contribution >= 0.6 is 0 Å². The number of alkyl carbamates (subject to hydrolysis) is 1. The van der Waals surface area contributed by atoms with E-state index in [9.17, 15) is 19.8 Å². The van der Waals surface area contributed by atoms with Crippen molar-refractivity contribution in [3.8, 4) is 5.75 Å². The number of nitrogens with one attached hydrogen (secondary N) is 2. The number of carbonyl (C=O) groups is 2. The summed E-state index contributed by atoms with van der Waals surface area (Å²) in [6.07, 6.45) is 4.11. The van der Waals surface area contributed by atoms with Gasteiger partial charge in [-0.1, -0.05) is 42.5 Å². The van der Waals surface area contributed by atoms with Gasteiger partial charge in [-0.05, 0) is 86.0 Å². The van der Waals surface area contributed by atoms with Crippen molar-refractivity contribution in [2.24, 2.45) is 23.7 Å². The normalized spacial score (nSPS) is 28.2. The van der Waals surface area contributed by atoms with E-state index in [1.807, 2.05) is 18.2 Å². The summed E-state index contributed by atoms with van der Waals surface area (Å²) in [5.74, 6) is 2.47. The first-order chi connectivity index (χ1) is 18.8. The van der Waals surface area contributed by atoms with E-state index in [4.69, 9.17) is 9.47 Å². The molecule has 8 heteroatoms. The molecule has 8 nitrogen and oxygen atoms in total. The number of benzene rings is 2. The van der Waals surface area contributed by atoms with Crippen LogP contribution in [-0.4, -0.2) is 53.6 Å². The number of amides is 2. The molecule has 2 aromatic rings. The van der Waals surface area contributed by atoms with E-state index in [0.717, 1.165) is 43.1 Å². The summed E-state index contributed by atoms with van der Waals surface area (Å²) in [7, 11) is 1.58. The van der Waals surface area contributed by atoms with E-state index in [1.165, 1.54) is 6.42 Å². The molecule has 1 unspecified atom stereocenters. The molecular weight excluding hydrogens is 496 g/mol. The molecule has 0 aliphatic heterocycles. The molecule has 0 aromatic heterocycles. The number of methoxy groups -OCH3 is 1. The second kappa shape index (κ2) is 11.6. The highest BCUT2D eigenvalue weighted by molar-refractivity contribution is 5.90. The van der Waals surface area contributed by atoms with Crippen LogP contribution in [0.1, 0.15) is 56.3 Å². The minimum absolute atomic E-state index is 0.115. The Kier molecular flexibility index (Phi) is 8.14. The average molecular weight is 537 g/mol. The molecule has 3 atom stereocenters. The Morgan fingerprint density at radius 1 is 0.974 bits per heavy atom. The Hall–Kier alpha value is -3.10. The molecule has 0 radical (unpaired) electrons. The molecule has 0 spiro atoms. The minimum Gasteiger partial charge on any atom is -0.497 e. The van der Waals surface area contributed by atoms with Crippen molar-refractivity contribution in [2.45, 2.75) is 69.2 Å². The van der Waals surface area contributed by atoms with E-state index in [-0.39, 0.29) is 12.5 Å². The third kappa shape index (κ3) is 6.07. The van der Waals surface area contributed by atoms with Gasteiger partial charge in [-0.3, -0.25) is 4.79 Å². The fourth-order valence-corrected chi connectivity index (χ4v) is 7.21. The van der Waals surface area contributed by atoms with E-state index in [1.54, 1.807) is 50.4 Å². The number of aliphatic hydroxyl groups is 2. The molecule has 4 fully saturated rings. The first-order valence-corrected chi connectivity index (χ1v) is 14.0. The fourth-order valence-electron chi connectivity index (χ4n) is 7.21. The van der Waals surface area contributed by atoms with Crippen LogP contribution in [0.2, 0.25) is 0 Å². The largest absolute Gasteiger partial charge is 0.497 e. The molecule has 4 N–H and O–H groups in total. The van der Waals surface area contributed by atoms with Crippen LogP contribution in [0, 0.1) is 23.7 Å². The SMILES string of the molecule is COc1ccc(CC(C)(NC(=O)OC2C3CC4CC(C3)CC2C4)C(=O)N[C@H](CO)[C@H](O)c2ccccc2)cc1. The van der Waals surface area contributed by atoms with Crippen molar-refractivity contribution in [1.29, 1.82) is 0 Å². The highest BCUT2D eigenvalue weighted by Gasteiger charge is 2.50. The lowest BCUT2D eigenvalue weighted by molar-refractivity contribution is -0.130. The van der Waals surface area contributed by atoms with E-state index in [2.05, 4.69) is 10.6 Å². The van der Waals surface area contributed by atoms with Gasteiger partial charge in [0.2, 0.25) is 5.91 Å². The number of carbonyl (C=O) groups excluding carboxylic acids is 2. The molecule has 2 amide bonds. The maximum Gasteiger partial charge on any atom is 0.408 e. The zero-order valence-corrected chi connectivity index (χ0v) is 22.7. The summed E-state index contributed by atoms with van der Waals surface area (Å²) < 4.78 is 11.3. The maximum atomic E-state index is 13.7. The summed E-state index contributed by atoms with van der Waals surface area (Å²) in [5, 5.41) is 26.5. The van der Waals surface area contributed by atoms with Gasteiger partial charge in [-0.15, -0.1) is 0 Å². The van der Waals surface area contributed by atoms with E-state index in [0.29, 0.717) is 23.1 Å². The van der Waals surface area contributed by atoms with Crippen LogP contribution in [0.5, 0.6) is 5.75 Å². The summed E-state index contributed by atoms with van der Waals surface area (Å²) in [5.41, 5.74) is -0.0167. The monoisotopic (exact) mass is 536 g/mol. The second-order valence-corrected chi connectivity index (χ2v) is 11.9. The lowest BCUT2D eigenvalue weighted by atomic mass is 9.55. The summed E-state index contributed by atoms with van der Waals surface area (Å²) in [6, 6.07) is 15.2. The van der Waals surface area contributed by atoms with Gasteiger partial charge in [-0.25, -0.2) is 4.79 Å². The third-order valence-electron chi connectivity index (χ3n) is 9.01. The Morgan fingerprint density at radius 2 is 1.59 bits per heavy atom. The third-order valence-corrected chi connectivity index (χ3v) is 9.01. The zero-order valence-electron chi connectivity index (χ0n) is 22.7. The van der Waals surface area contributed by atoms with Gasteiger partial charge >= 0.3 is 6.09 Å². The molecule has 0 saturated heterocycles. The lowest BCUT2D eigenvalue weighted by Gasteiger charge is -2.53. The molecule has 4 bridgehead atoms. The molecular formula is C31H40N2O6. The first-order valence-electron chi connectivity index (χ1n) is 14.0. The Morgan fingerprint density at radius 3 is 2.15 bits per heavy atom. The van der Waals surface area contributed by atoms with Gasteiger partial charge < -0.3 is 30.3 Å². The van der Waals surface area contributed by atoms with Crippen LogP contribution < -0.4 is 15.4 Å². The standard InChI is InChI=1S/C31H40N2O6/c1-31(17-19-8-10-25(38-2)11-9-19,29(36)32-26(18-34)27(35)22-6-4-3-5-7-22)33-30(37)39-28-23-13-20-12-21(15-23)16-24(28)14-20/h3-11,20-21,23-24,26-28,34-35H,12-18H2,1-2H3,(H,32,36)(H,33,37)/t20?,21?,23?,24?,26-,27-,28?,31?/m1/s1. The summed E-state index contributed by atoms with van der Waals surface area (Å²) in [6.45, 7) is 1.17. The maximum absolute atomic E-state index is 13.7. The number of hydrogen-bond donors (Lipinski definition) is 4. The van der Waals surface area contributed by atoms with Crippen molar-refractivity contribution in [3.05, 3.63) is 65.7 Å². The lowest BCUT2D eigenvalue weighted by Crippen LogP contribution is -2.61. The molecule has 0 heterocycles. The van der Waals surface area contributed by atoms with Crippen LogP contribution in [0.25, 0.3) is 0 Å². The predicted molar refractivity (Wildman–Crippen MR) is 146 cm³/mol. The molecule has 4 saturated carbocycles. The van der Waals surface area contributed by atoms with Crippen LogP contribution in [0.15, 0.2) is 54.6 Å². The van der Waals surface area contributed by atoms with Crippen molar-refractivity contribution in [2.75, 3.05) is 13.7 Å². The van der Waals surface area contributed by atoms with Crippen molar-refractivity contribution >= 4 is 12.0 Å². The second-order valence-electron chi connectivity index (χ2n) is 11.9. The molecule has 4 aliphatic rings. The molecule has 210 valence electrons. The average Bonchev–Trinajstić information content (AvgIpc) is 2.93. The van der Waals surface area contributed by atoms with Crippen LogP contribution in [-0.2, 0) is 16.0 Å². The molecule has 39 heavy (non-hydrogen) atoms. The predicted octanol–water partition coefficient (Wildman–Crippen LogP) is 3.76. The van der Waals surface area contributed by atoms with Gasteiger partial charge in [0, 0.05) is 6.42 Å². The number of hydrogen-bond acceptors (Lipinski definition) is 6. The van der Waals surface area contributed by atoms with Gasteiger partial charge in [0.25, 0.3) is 0 Å². The van der Waals surface area contributed by atoms with Gasteiger partial charge in [0.1, 0.15) is 23.5 Å². The van der Waals surface area contributed by atoms with Gasteiger partial charge in [-0.2, -0.15) is 0 Å². The Bertz CT molecular complexity index is 1110. The molecule has 2 aromatic carbocycles. The number of rotatable bonds is 10. The summed E-state index contributed by atoms with van der Waals surface area (Å²) in [4.78, 5) is 27.1. The van der Waals surface area contributed by atoms with E-state index < -0.39 is 36.3 Å². The van der Waals surface area contributed by atoms with Crippen molar-refractivity contribution in [1.82, 2.24) is 10.6 Å². The molecule has 4 aliphatic carbocycles. The first kappa shape index (κ1) is 27.5. The highest BCUT2D eigenvalue weighted by atomic mass is 16.6. The van der Waals surface area contributed by atoms with Crippen LogP contribution in [0.4, 0.5) is 4.79 Å². The van der Waals surface area contributed by atoms with Crippen molar-refractivity contribution in [3.63, 3.8) is 0 Å². The highest BCUT2D eigenvalue weighted by Crippen LogP contribution is 2.54. The number of ether oxygens (including phenoxy) is 2. The Balaban J connectivity index is 1.32. The van der Waals surface area contributed by atoms with Crippen LogP contribution in [0.3, 0.4) is 0 Å². The minimum atomic E-state index is -1.40. The van der Waals surface area contributed by atoms with Gasteiger partial charge in [0.15, 0.2) is 0 Å². The fraction of sp³-hybridized carbons (Fsp3) is 0.548. The van der Waals surface area contributed by atoms with Crippen molar-refractivity contribution < 1.29 is 29.3 Å². The topological polar surface area (TPSA) is 117 Å². The Labute approximate surface area is 230 Å².